The zero-order valence-electron chi connectivity index (χ0n) is 14.7. The summed E-state index contributed by atoms with van der Waals surface area (Å²) in [6.45, 7) is 1.46. The van der Waals surface area contributed by atoms with Crippen LogP contribution in [-0.4, -0.2) is 36.2 Å². The van der Waals surface area contributed by atoms with Crippen LogP contribution in [0.15, 0.2) is 39.5 Å². The van der Waals surface area contributed by atoms with Gasteiger partial charge in [-0.2, -0.15) is 4.98 Å². The van der Waals surface area contributed by atoms with Crippen molar-refractivity contribution in [1.29, 1.82) is 0 Å². The van der Waals surface area contributed by atoms with Gasteiger partial charge in [0.15, 0.2) is 11.1 Å². The molecule has 0 radical (unpaired) electrons. The molecule has 0 unspecified atom stereocenters. The molecule has 27 heavy (non-hydrogen) atoms. The minimum atomic E-state index is -0.331. The van der Waals surface area contributed by atoms with Crippen molar-refractivity contribution in [1.82, 2.24) is 9.97 Å². The third kappa shape index (κ3) is 3.54. The summed E-state index contributed by atoms with van der Waals surface area (Å²) in [4.78, 5) is 20.9. The van der Waals surface area contributed by atoms with Crippen molar-refractivity contribution in [2.75, 3.05) is 25.6 Å². The summed E-state index contributed by atoms with van der Waals surface area (Å²) < 4.78 is 17.4. The third-order valence-corrected chi connectivity index (χ3v) is 5.29. The van der Waals surface area contributed by atoms with Crippen LogP contribution in [0.4, 0.5) is 6.01 Å². The molecule has 3 aromatic rings. The summed E-state index contributed by atoms with van der Waals surface area (Å²) >= 11 is 3.33. The molecule has 0 saturated carbocycles. The molecular formula is C19H18BrN3O4. The van der Waals surface area contributed by atoms with Gasteiger partial charge in [-0.3, -0.25) is 15.1 Å². The molecule has 8 heteroatoms. The lowest BCUT2D eigenvalue weighted by Crippen LogP contribution is -2.14. The number of ether oxygens (including phenoxy) is 2. The van der Waals surface area contributed by atoms with Crippen molar-refractivity contribution < 1.29 is 18.7 Å². The van der Waals surface area contributed by atoms with Crippen LogP contribution in [0.2, 0.25) is 0 Å². The largest absolute Gasteiger partial charge is 0.494 e. The van der Waals surface area contributed by atoms with E-state index in [0.29, 0.717) is 32.8 Å². The highest BCUT2D eigenvalue weighted by Gasteiger charge is 2.24. The predicted molar refractivity (Wildman–Crippen MR) is 103 cm³/mol. The van der Waals surface area contributed by atoms with Gasteiger partial charge in [0.1, 0.15) is 5.75 Å². The quantitative estimate of drug-likeness (QED) is 0.667. The van der Waals surface area contributed by atoms with Crippen molar-refractivity contribution in [2.24, 2.45) is 0 Å². The molecule has 1 amide bonds. The van der Waals surface area contributed by atoms with E-state index in [1.54, 1.807) is 25.6 Å². The average molecular weight is 432 g/mol. The molecule has 4 rings (SSSR count). The van der Waals surface area contributed by atoms with E-state index in [0.717, 1.165) is 31.6 Å². The molecule has 0 bridgehead atoms. The number of halogens is 1. The maximum absolute atomic E-state index is 12.5. The number of anilines is 1. The molecule has 0 spiro atoms. The number of hydrogen-bond acceptors (Lipinski definition) is 6. The Morgan fingerprint density at radius 2 is 2.11 bits per heavy atom. The number of pyridine rings is 1. The second-order valence-corrected chi connectivity index (χ2v) is 7.10. The summed E-state index contributed by atoms with van der Waals surface area (Å²) in [5.74, 6) is 0.607. The number of carbonyl (C=O) groups is 1. The van der Waals surface area contributed by atoms with E-state index >= 15 is 0 Å². The molecule has 1 aliphatic rings. The Kier molecular flexibility index (Phi) is 5.09. The zero-order chi connectivity index (χ0) is 18.8. The number of aromatic nitrogens is 2. The van der Waals surface area contributed by atoms with Crippen LogP contribution in [-0.2, 0) is 4.74 Å². The zero-order valence-corrected chi connectivity index (χ0v) is 16.3. The monoisotopic (exact) mass is 431 g/mol. The molecule has 140 valence electrons. The van der Waals surface area contributed by atoms with Crippen molar-refractivity contribution in [2.45, 2.75) is 18.8 Å². The van der Waals surface area contributed by atoms with E-state index in [1.807, 2.05) is 12.1 Å². The number of hydrogen-bond donors (Lipinski definition) is 1. The smallest absolute Gasteiger partial charge is 0.302 e. The van der Waals surface area contributed by atoms with Crippen molar-refractivity contribution in [3.05, 3.63) is 46.2 Å². The lowest BCUT2D eigenvalue weighted by Gasteiger charge is -2.22. The van der Waals surface area contributed by atoms with Gasteiger partial charge in [-0.05, 0) is 46.8 Å². The number of oxazole rings is 1. The topological polar surface area (TPSA) is 86.5 Å². The van der Waals surface area contributed by atoms with E-state index in [2.05, 4.69) is 31.2 Å². The van der Waals surface area contributed by atoms with Crippen LogP contribution in [0.5, 0.6) is 5.75 Å². The van der Waals surface area contributed by atoms with Gasteiger partial charge in [0, 0.05) is 35.6 Å². The first kappa shape index (κ1) is 17.9. The SMILES string of the molecule is COc1ccc(C2CCOCC2)c2oc(NC(=O)c3ccncc3Br)nc12. The van der Waals surface area contributed by atoms with E-state index < -0.39 is 0 Å². The van der Waals surface area contributed by atoms with Crippen molar-refractivity contribution in [3.8, 4) is 5.75 Å². The Hall–Kier alpha value is -2.45. The van der Waals surface area contributed by atoms with Gasteiger partial charge in [0.25, 0.3) is 5.91 Å². The van der Waals surface area contributed by atoms with E-state index in [1.165, 1.54) is 0 Å². The number of nitrogens with one attached hydrogen (secondary N) is 1. The minimum Gasteiger partial charge on any atom is -0.494 e. The van der Waals surface area contributed by atoms with Gasteiger partial charge in [0.05, 0.1) is 12.7 Å². The lowest BCUT2D eigenvalue weighted by atomic mass is 9.91. The summed E-state index contributed by atoms with van der Waals surface area (Å²) in [5, 5.41) is 2.72. The summed E-state index contributed by atoms with van der Waals surface area (Å²) in [6, 6.07) is 5.65. The van der Waals surface area contributed by atoms with Gasteiger partial charge in [-0.15, -0.1) is 0 Å². The predicted octanol–water partition coefficient (Wildman–Crippen LogP) is 4.14. The van der Waals surface area contributed by atoms with Gasteiger partial charge < -0.3 is 13.9 Å². The number of nitrogens with zero attached hydrogens (tertiary/aromatic N) is 2. The maximum atomic E-state index is 12.5. The second-order valence-electron chi connectivity index (χ2n) is 6.25. The highest BCUT2D eigenvalue weighted by Crippen LogP contribution is 2.37. The Labute approximate surface area is 164 Å². The van der Waals surface area contributed by atoms with E-state index in [9.17, 15) is 4.79 Å². The van der Waals surface area contributed by atoms with Crippen LogP contribution < -0.4 is 10.1 Å². The molecule has 7 nitrogen and oxygen atoms in total. The first-order chi connectivity index (χ1) is 13.2. The van der Waals surface area contributed by atoms with Crippen molar-refractivity contribution in [3.63, 3.8) is 0 Å². The maximum Gasteiger partial charge on any atom is 0.302 e. The number of methoxy groups -OCH3 is 1. The van der Waals surface area contributed by atoms with E-state index in [-0.39, 0.29) is 11.9 Å². The summed E-state index contributed by atoms with van der Waals surface area (Å²) in [7, 11) is 1.59. The number of fused-ring (bicyclic) bond motifs is 1. The van der Waals surface area contributed by atoms with E-state index in [4.69, 9.17) is 13.9 Å². The number of benzene rings is 1. The number of rotatable bonds is 4. The normalized spacial score (nSPS) is 15.0. The fourth-order valence-electron chi connectivity index (χ4n) is 3.27. The van der Waals surface area contributed by atoms with Crippen LogP contribution in [0.25, 0.3) is 11.1 Å². The van der Waals surface area contributed by atoms with Gasteiger partial charge >= 0.3 is 6.01 Å². The molecular weight excluding hydrogens is 414 g/mol. The van der Waals surface area contributed by atoms with Gasteiger partial charge in [-0.25, -0.2) is 0 Å². The fraction of sp³-hybridized carbons (Fsp3) is 0.316. The lowest BCUT2D eigenvalue weighted by molar-refractivity contribution is 0.0854. The number of carbonyl (C=O) groups excluding carboxylic acids is 1. The second kappa shape index (κ2) is 7.66. The Bertz CT molecular complexity index is 982. The van der Waals surface area contributed by atoms with Crippen LogP contribution in [0, 0.1) is 0 Å². The Morgan fingerprint density at radius 3 is 2.85 bits per heavy atom. The van der Waals surface area contributed by atoms with Gasteiger partial charge in [0.2, 0.25) is 0 Å². The molecule has 0 aliphatic carbocycles. The first-order valence-electron chi connectivity index (χ1n) is 8.63. The molecule has 1 N–H and O–H groups in total. The molecule has 1 aliphatic heterocycles. The van der Waals surface area contributed by atoms with Crippen LogP contribution in [0.1, 0.15) is 34.7 Å². The summed E-state index contributed by atoms with van der Waals surface area (Å²) in [6.07, 6.45) is 4.97. The fourth-order valence-corrected chi connectivity index (χ4v) is 3.71. The molecule has 1 saturated heterocycles. The van der Waals surface area contributed by atoms with Crippen LogP contribution in [0.3, 0.4) is 0 Å². The summed E-state index contributed by atoms with van der Waals surface area (Å²) in [5.41, 5.74) is 2.76. The number of amides is 1. The average Bonchev–Trinajstić information content (AvgIpc) is 3.11. The minimum absolute atomic E-state index is 0.136. The van der Waals surface area contributed by atoms with Crippen molar-refractivity contribution >= 4 is 39.0 Å². The van der Waals surface area contributed by atoms with Crippen LogP contribution >= 0.6 is 15.9 Å². The molecule has 2 aromatic heterocycles. The molecule has 0 atom stereocenters. The first-order valence-corrected chi connectivity index (χ1v) is 9.42. The highest BCUT2D eigenvalue weighted by molar-refractivity contribution is 9.10. The van der Waals surface area contributed by atoms with Gasteiger partial charge in [-0.1, -0.05) is 6.07 Å². The Morgan fingerprint density at radius 1 is 1.30 bits per heavy atom. The highest BCUT2D eigenvalue weighted by atomic mass is 79.9. The molecule has 1 aromatic carbocycles. The molecule has 3 heterocycles. The molecule has 1 fully saturated rings. The standard InChI is InChI=1S/C19H18BrN3O4/c1-25-15-3-2-12(11-5-8-26-9-6-11)17-16(15)22-19(27-17)23-18(24)13-4-7-21-10-14(13)20/h2-4,7,10-11H,5-6,8-9H2,1H3,(H,22,23,24). The Balaban J connectivity index is 1.70. The third-order valence-electron chi connectivity index (χ3n) is 4.66.